The van der Waals surface area contributed by atoms with Crippen molar-refractivity contribution in [3.8, 4) is 11.6 Å². The summed E-state index contributed by atoms with van der Waals surface area (Å²) in [5.74, 6) is 0.915. The third-order valence-corrected chi connectivity index (χ3v) is 2.97. The van der Waals surface area contributed by atoms with Crippen molar-refractivity contribution in [3.05, 3.63) is 52.1 Å². The Labute approximate surface area is 109 Å². The molecule has 0 radical (unpaired) electrons. The molecule has 0 atom stereocenters. The maximum Gasteiger partial charge on any atom is 0.219 e. The van der Waals surface area contributed by atoms with E-state index in [0.717, 1.165) is 5.56 Å². The average molecular weight is 269 g/mol. The molecule has 0 aliphatic carbocycles. The van der Waals surface area contributed by atoms with Gasteiger partial charge in [0.15, 0.2) is 0 Å². The molecule has 0 amide bonds. The highest BCUT2D eigenvalue weighted by Crippen LogP contribution is 2.33. The number of hydrogen-bond acceptors (Lipinski definition) is 3. The van der Waals surface area contributed by atoms with Crippen LogP contribution >= 0.6 is 23.2 Å². The van der Waals surface area contributed by atoms with Gasteiger partial charge in [-0.1, -0.05) is 29.3 Å². The van der Waals surface area contributed by atoms with Crippen LogP contribution in [0.5, 0.6) is 11.6 Å². The highest BCUT2D eigenvalue weighted by Gasteiger charge is 2.07. The van der Waals surface area contributed by atoms with Gasteiger partial charge in [0.05, 0.1) is 5.02 Å². The molecule has 17 heavy (non-hydrogen) atoms. The smallest absolute Gasteiger partial charge is 0.219 e. The van der Waals surface area contributed by atoms with Gasteiger partial charge in [-0.25, -0.2) is 4.98 Å². The van der Waals surface area contributed by atoms with Crippen LogP contribution in [0.25, 0.3) is 0 Å². The lowest BCUT2D eigenvalue weighted by molar-refractivity contribution is 0.462. The number of aromatic nitrogens is 1. The molecule has 1 heterocycles. The standard InChI is InChI=1S/C12H10Cl2N2O/c13-9-2-1-3-10(12(9)14)17-11-6-8(7-15)4-5-16-11/h1-6H,7,15H2. The fourth-order valence-corrected chi connectivity index (χ4v) is 1.64. The van der Waals surface area contributed by atoms with Gasteiger partial charge < -0.3 is 10.5 Å². The molecule has 0 unspecified atom stereocenters. The Balaban J connectivity index is 2.28. The van der Waals surface area contributed by atoms with Crippen LogP contribution in [-0.4, -0.2) is 4.98 Å². The minimum atomic E-state index is 0.370. The van der Waals surface area contributed by atoms with E-state index in [1.165, 1.54) is 0 Å². The van der Waals surface area contributed by atoms with Crippen molar-refractivity contribution in [2.24, 2.45) is 5.73 Å². The van der Waals surface area contributed by atoms with Crippen LogP contribution in [0, 0.1) is 0 Å². The van der Waals surface area contributed by atoms with E-state index in [1.54, 1.807) is 30.5 Å². The molecule has 0 bridgehead atoms. The molecule has 3 nitrogen and oxygen atoms in total. The summed E-state index contributed by atoms with van der Waals surface area (Å²) < 4.78 is 5.55. The summed E-state index contributed by atoms with van der Waals surface area (Å²) in [6, 6.07) is 8.77. The predicted molar refractivity (Wildman–Crippen MR) is 68.7 cm³/mol. The van der Waals surface area contributed by atoms with E-state index in [2.05, 4.69) is 4.98 Å². The molecular formula is C12H10Cl2N2O. The average Bonchev–Trinajstić information content (AvgIpc) is 2.35. The molecule has 88 valence electrons. The number of ether oxygens (including phenoxy) is 1. The third-order valence-electron chi connectivity index (χ3n) is 2.17. The monoisotopic (exact) mass is 268 g/mol. The number of benzene rings is 1. The molecule has 0 saturated carbocycles. The Bertz CT molecular complexity index is 532. The molecule has 0 aliphatic heterocycles. The third kappa shape index (κ3) is 2.88. The summed E-state index contributed by atoms with van der Waals surface area (Å²) in [6.07, 6.45) is 1.63. The second kappa shape index (κ2) is 5.36. The van der Waals surface area contributed by atoms with E-state index in [4.69, 9.17) is 33.7 Å². The maximum absolute atomic E-state index is 6.01. The largest absolute Gasteiger partial charge is 0.437 e. The quantitative estimate of drug-likeness (QED) is 0.925. The minimum Gasteiger partial charge on any atom is -0.437 e. The van der Waals surface area contributed by atoms with Crippen LogP contribution in [0.2, 0.25) is 10.0 Å². The summed E-state index contributed by atoms with van der Waals surface area (Å²) in [5.41, 5.74) is 6.47. The van der Waals surface area contributed by atoms with Crippen molar-refractivity contribution in [1.82, 2.24) is 4.98 Å². The van der Waals surface area contributed by atoms with E-state index in [-0.39, 0.29) is 0 Å². The lowest BCUT2D eigenvalue weighted by Gasteiger charge is -2.08. The van der Waals surface area contributed by atoms with Gasteiger partial charge in [0, 0.05) is 18.8 Å². The topological polar surface area (TPSA) is 48.1 Å². The first-order valence-electron chi connectivity index (χ1n) is 4.97. The summed E-state index contributed by atoms with van der Waals surface area (Å²) in [6.45, 7) is 0.433. The van der Waals surface area contributed by atoms with Crippen LogP contribution in [0.3, 0.4) is 0 Å². The lowest BCUT2D eigenvalue weighted by Crippen LogP contribution is -1.97. The highest BCUT2D eigenvalue weighted by molar-refractivity contribution is 6.42. The number of rotatable bonds is 3. The van der Waals surface area contributed by atoms with Crippen LogP contribution in [-0.2, 0) is 6.54 Å². The predicted octanol–water partition coefficient (Wildman–Crippen LogP) is 3.64. The molecule has 1 aromatic carbocycles. The van der Waals surface area contributed by atoms with Gasteiger partial charge in [-0.2, -0.15) is 0 Å². The van der Waals surface area contributed by atoms with Gasteiger partial charge in [-0.15, -0.1) is 0 Å². The zero-order valence-electron chi connectivity index (χ0n) is 8.86. The zero-order chi connectivity index (χ0) is 12.3. The van der Waals surface area contributed by atoms with E-state index >= 15 is 0 Å². The Morgan fingerprint density at radius 1 is 1.24 bits per heavy atom. The first-order valence-corrected chi connectivity index (χ1v) is 5.73. The van der Waals surface area contributed by atoms with E-state index < -0.39 is 0 Å². The number of hydrogen-bond donors (Lipinski definition) is 1. The Morgan fingerprint density at radius 3 is 2.82 bits per heavy atom. The highest BCUT2D eigenvalue weighted by atomic mass is 35.5. The molecule has 5 heteroatoms. The Morgan fingerprint density at radius 2 is 2.06 bits per heavy atom. The molecule has 1 aromatic heterocycles. The van der Waals surface area contributed by atoms with Crippen molar-refractivity contribution in [2.75, 3.05) is 0 Å². The lowest BCUT2D eigenvalue weighted by atomic mass is 10.3. The van der Waals surface area contributed by atoms with Gasteiger partial charge in [0.25, 0.3) is 0 Å². The van der Waals surface area contributed by atoms with Crippen LogP contribution in [0.1, 0.15) is 5.56 Å². The van der Waals surface area contributed by atoms with Crippen molar-refractivity contribution in [1.29, 1.82) is 0 Å². The number of nitrogens with two attached hydrogens (primary N) is 1. The molecular weight excluding hydrogens is 259 g/mol. The Hall–Kier alpha value is -1.29. The Kier molecular flexibility index (Phi) is 3.84. The van der Waals surface area contributed by atoms with Gasteiger partial charge in [0.2, 0.25) is 5.88 Å². The first-order chi connectivity index (χ1) is 8.20. The van der Waals surface area contributed by atoms with Crippen molar-refractivity contribution in [3.63, 3.8) is 0 Å². The van der Waals surface area contributed by atoms with E-state index in [1.807, 2.05) is 6.07 Å². The molecule has 0 spiro atoms. The first kappa shape index (κ1) is 12.2. The molecule has 0 aliphatic rings. The number of halogens is 2. The van der Waals surface area contributed by atoms with E-state index in [9.17, 15) is 0 Å². The normalized spacial score (nSPS) is 10.3. The van der Waals surface area contributed by atoms with Crippen LogP contribution in [0.15, 0.2) is 36.5 Å². The van der Waals surface area contributed by atoms with Gasteiger partial charge in [-0.05, 0) is 23.8 Å². The summed E-state index contributed by atoms with van der Waals surface area (Å²) in [5, 5.41) is 0.813. The molecule has 2 rings (SSSR count). The summed E-state index contributed by atoms with van der Waals surface area (Å²) >= 11 is 11.9. The number of nitrogens with zero attached hydrogens (tertiary/aromatic N) is 1. The van der Waals surface area contributed by atoms with Crippen molar-refractivity contribution in [2.45, 2.75) is 6.54 Å². The molecule has 2 N–H and O–H groups in total. The van der Waals surface area contributed by atoms with Crippen LogP contribution < -0.4 is 10.5 Å². The molecule has 0 fully saturated rings. The summed E-state index contributed by atoms with van der Waals surface area (Å²) in [7, 11) is 0. The van der Waals surface area contributed by atoms with Crippen molar-refractivity contribution >= 4 is 23.2 Å². The number of pyridine rings is 1. The molecule has 0 saturated heterocycles. The van der Waals surface area contributed by atoms with Gasteiger partial charge in [0.1, 0.15) is 10.8 Å². The second-order valence-corrected chi connectivity index (χ2v) is 4.15. The summed E-state index contributed by atoms with van der Waals surface area (Å²) in [4.78, 5) is 4.07. The second-order valence-electron chi connectivity index (χ2n) is 3.36. The van der Waals surface area contributed by atoms with Crippen LogP contribution in [0.4, 0.5) is 0 Å². The van der Waals surface area contributed by atoms with E-state index in [0.29, 0.717) is 28.2 Å². The van der Waals surface area contributed by atoms with Gasteiger partial charge in [-0.3, -0.25) is 0 Å². The fourth-order valence-electron chi connectivity index (χ4n) is 1.31. The zero-order valence-corrected chi connectivity index (χ0v) is 10.4. The van der Waals surface area contributed by atoms with Gasteiger partial charge >= 0.3 is 0 Å². The molecule has 2 aromatic rings. The SMILES string of the molecule is NCc1ccnc(Oc2cccc(Cl)c2Cl)c1. The maximum atomic E-state index is 6.01. The van der Waals surface area contributed by atoms with Crippen molar-refractivity contribution < 1.29 is 4.74 Å². The minimum absolute atomic E-state index is 0.370. The fraction of sp³-hybridized carbons (Fsp3) is 0.0833.